The van der Waals surface area contributed by atoms with E-state index in [1.807, 2.05) is 0 Å². The summed E-state index contributed by atoms with van der Waals surface area (Å²) in [6.45, 7) is 1.57. The zero-order valence-corrected chi connectivity index (χ0v) is 10.0. The predicted octanol–water partition coefficient (Wildman–Crippen LogP) is 3.66. The van der Waals surface area contributed by atoms with Gasteiger partial charge in [-0.05, 0) is 42.8 Å². The van der Waals surface area contributed by atoms with Crippen LogP contribution in [0.5, 0.6) is 0 Å². The summed E-state index contributed by atoms with van der Waals surface area (Å²) in [4.78, 5) is 11.9. The molecule has 0 saturated carbocycles. The predicted molar refractivity (Wildman–Crippen MR) is 65.4 cm³/mol. The van der Waals surface area contributed by atoms with Crippen LogP contribution in [0, 0.1) is 24.4 Å². The lowest BCUT2D eigenvalue weighted by Gasteiger charge is -2.08. The number of hydrogen-bond acceptors (Lipinski definition) is 1. The first-order valence-corrected chi connectivity index (χ1v) is 5.50. The smallest absolute Gasteiger partial charge is 0.256 e. The van der Waals surface area contributed by atoms with Gasteiger partial charge in [-0.25, -0.2) is 13.2 Å². The van der Waals surface area contributed by atoms with Gasteiger partial charge in [-0.15, -0.1) is 0 Å². The van der Waals surface area contributed by atoms with E-state index in [0.717, 1.165) is 18.2 Å². The van der Waals surface area contributed by atoms with E-state index in [2.05, 4.69) is 5.32 Å². The van der Waals surface area contributed by atoms with Crippen molar-refractivity contribution in [2.45, 2.75) is 6.92 Å². The topological polar surface area (TPSA) is 29.1 Å². The van der Waals surface area contributed by atoms with Gasteiger partial charge in [0.05, 0.1) is 5.69 Å². The Morgan fingerprint density at radius 1 is 1.00 bits per heavy atom. The van der Waals surface area contributed by atoms with Gasteiger partial charge >= 0.3 is 0 Å². The van der Waals surface area contributed by atoms with E-state index in [4.69, 9.17) is 0 Å². The standard InChI is InChI=1S/C14H10F3NO/c1-8-6-9(15)2-4-11(8)14(19)18-13-5-3-10(16)7-12(13)17/h2-7H,1H3,(H,18,19). The quantitative estimate of drug-likeness (QED) is 0.882. The molecule has 0 aliphatic heterocycles. The summed E-state index contributed by atoms with van der Waals surface area (Å²) in [6.07, 6.45) is 0. The molecule has 0 fully saturated rings. The molecular weight excluding hydrogens is 255 g/mol. The molecule has 0 aliphatic rings. The summed E-state index contributed by atoms with van der Waals surface area (Å²) in [5, 5.41) is 2.31. The highest BCUT2D eigenvalue weighted by Crippen LogP contribution is 2.17. The number of rotatable bonds is 2. The third-order valence-electron chi connectivity index (χ3n) is 2.61. The van der Waals surface area contributed by atoms with Crippen LogP contribution >= 0.6 is 0 Å². The Bertz CT molecular complexity index is 641. The molecule has 2 aromatic carbocycles. The van der Waals surface area contributed by atoms with Gasteiger partial charge in [0.1, 0.15) is 17.5 Å². The van der Waals surface area contributed by atoms with E-state index in [1.54, 1.807) is 6.92 Å². The van der Waals surface area contributed by atoms with Crippen molar-refractivity contribution < 1.29 is 18.0 Å². The first kappa shape index (κ1) is 13.1. The fourth-order valence-corrected chi connectivity index (χ4v) is 1.66. The minimum absolute atomic E-state index is 0.130. The van der Waals surface area contributed by atoms with E-state index >= 15 is 0 Å². The molecule has 0 unspecified atom stereocenters. The number of aryl methyl sites for hydroxylation is 1. The highest BCUT2D eigenvalue weighted by molar-refractivity contribution is 6.05. The molecule has 0 radical (unpaired) electrons. The second-order valence-electron chi connectivity index (χ2n) is 4.04. The minimum atomic E-state index is -0.867. The summed E-state index contributed by atoms with van der Waals surface area (Å²) >= 11 is 0. The van der Waals surface area contributed by atoms with E-state index in [0.29, 0.717) is 11.6 Å². The maximum Gasteiger partial charge on any atom is 0.256 e. The molecule has 1 N–H and O–H groups in total. The molecule has 1 amide bonds. The van der Waals surface area contributed by atoms with Gasteiger partial charge in [-0.3, -0.25) is 4.79 Å². The summed E-state index contributed by atoms with van der Waals surface area (Å²) in [5.74, 6) is -2.63. The number of hydrogen-bond donors (Lipinski definition) is 1. The maximum atomic E-state index is 13.4. The molecular formula is C14H10F3NO. The summed E-state index contributed by atoms with van der Waals surface area (Å²) < 4.78 is 39.0. The van der Waals surface area contributed by atoms with Crippen LogP contribution in [0.15, 0.2) is 36.4 Å². The molecule has 5 heteroatoms. The number of amides is 1. The van der Waals surface area contributed by atoms with Gasteiger partial charge in [-0.1, -0.05) is 0 Å². The van der Waals surface area contributed by atoms with Gasteiger partial charge in [0.25, 0.3) is 5.91 Å². The highest BCUT2D eigenvalue weighted by atomic mass is 19.1. The second kappa shape index (κ2) is 5.14. The molecule has 0 aromatic heterocycles. The Kier molecular flexibility index (Phi) is 3.55. The fraction of sp³-hybridized carbons (Fsp3) is 0.0714. The monoisotopic (exact) mass is 265 g/mol. The Labute approximate surface area is 107 Å². The van der Waals surface area contributed by atoms with Crippen LogP contribution in [0.1, 0.15) is 15.9 Å². The van der Waals surface area contributed by atoms with Gasteiger partial charge < -0.3 is 5.32 Å². The lowest BCUT2D eigenvalue weighted by Crippen LogP contribution is -2.14. The van der Waals surface area contributed by atoms with E-state index in [-0.39, 0.29) is 11.3 Å². The van der Waals surface area contributed by atoms with Gasteiger partial charge in [-0.2, -0.15) is 0 Å². The Hall–Kier alpha value is -2.30. The fourth-order valence-electron chi connectivity index (χ4n) is 1.66. The average Bonchev–Trinajstić information content (AvgIpc) is 2.32. The molecule has 0 heterocycles. The molecule has 0 bridgehead atoms. The first-order chi connectivity index (χ1) is 8.97. The van der Waals surface area contributed by atoms with Crippen LogP contribution in [-0.4, -0.2) is 5.91 Å². The van der Waals surface area contributed by atoms with Crippen molar-refractivity contribution in [3.63, 3.8) is 0 Å². The first-order valence-electron chi connectivity index (χ1n) is 5.50. The van der Waals surface area contributed by atoms with E-state index < -0.39 is 23.4 Å². The van der Waals surface area contributed by atoms with Crippen molar-refractivity contribution in [1.29, 1.82) is 0 Å². The molecule has 2 rings (SSSR count). The van der Waals surface area contributed by atoms with E-state index in [1.165, 1.54) is 12.1 Å². The number of anilines is 1. The number of nitrogens with one attached hydrogen (secondary N) is 1. The largest absolute Gasteiger partial charge is 0.319 e. The number of benzene rings is 2. The molecule has 19 heavy (non-hydrogen) atoms. The van der Waals surface area contributed by atoms with Crippen molar-refractivity contribution in [2.75, 3.05) is 5.32 Å². The van der Waals surface area contributed by atoms with Gasteiger partial charge in [0, 0.05) is 11.6 Å². The number of carbonyl (C=O) groups excluding carboxylic acids is 1. The van der Waals surface area contributed by atoms with Crippen LogP contribution in [0.3, 0.4) is 0 Å². The number of carbonyl (C=O) groups is 1. The van der Waals surface area contributed by atoms with Gasteiger partial charge in [0.15, 0.2) is 0 Å². The van der Waals surface area contributed by atoms with E-state index in [9.17, 15) is 18.0 Å². The average molecular weight is 265 g/mol. The van der Waals surface area contributed by atoms with Crippen LogP contribution in [0.4, 0.5) is 18.9 Å². The summed E-state index contributed by atoms with van der Waals surface area (Å²) in [5.41, 5.74) is 0.528. The minimum Gasteiger partial charge on any atom is -0.319 e. The molecule has 2 aromatic rings. The second-order valence-corrected chi connectivity index (χ2v) is 4.04. The van der Waals surface area contributed by atoms with Crippen molar-refractivity contribution in [2.24, 2.45) is 0 Å². The zero-order valence-electron chi connectivity index (χ0n) is 10.0. The molecule has 0 saturated heterocycles. The maximum absolute atomic E-state index is 13.4. The van der Waals surface area contributed by atoms with Crippen LogP contribution in [0.2, 0.25) is 0 Å². The van der Waals surface area contributed by atoms with Gasteiger partial charge in [0.2, 0.25) is 0 Å². The van der Waals surface area contributed by atoms with Crippen LogP contribution in [-0.2, 0) is 0 Å². The van der Waals surface area contributed by atoms with Crippen molar-refractivity contribution in [1.82, 2.24) is 0 Å². The molecule has 0 atom stereocenters. The Morgan fingerprint density at radius 2 is 1.63 bits per heavy atom. The van der Waals surface area contributed by atoms with Crippen molar-refractivity contribution in [3.8, 4) is 0 Å². The molecule has 0 spiro atoms. The van der Waals surface area contributed by atoms with Crippen LogP contribution in [0.25, 0.3) is 0 Å². The highest BCUT2D eigenvalue weighted by Gasteiger charge is 2.12. The molecule has 0 aliphatic carbocycles. The number of halogens is 3. The third-order valence-corrected chi connectivity index (χ3v) is 2.61. The SMILES string of the molecule is Cc1cc(F)ccc1C(=O)Nc1ccc(F)cc1F. The third kappa shape index (κ3) is 2.93. The van der Waals surface area contributed by atoms with Crippen molar-refractivity contribution >= 4 is 11.6 Å². The van der Waals surface area contributed by atoms with Crippen LogP contribution < -0.4 is 5.32 Å². The zero-order chi connectivity index (χ0) is 14.0. The molecule has 98 valence electrons. The lowest BCUT2D eigenvalue weighted by molar-refractivity contribution is 0.102. The molecule has 2 nitrogen and oxygen atoms in total. The van der Waals surface area contributed by atoms with Crippen molar-refractivity contribution in [3.05, 3.63) is 65.0 Å². The summed E-state index contributed by atoms with van der Waals surface area (Å²) in [7, 11) is 0. The lowest BCUT2D eigenvalue weighted by atomic mass is 10.1. The Balaban J connectivity index is 2.25. The summed E-state index contributed by atoms with van der Waals surface area (Å²) in [6, 6.07) is 6.49. The normalized spacial score (nSPS) is 10.3. The Morgan fingerprint density at radius 3 is 2.26 bits per heavy atom.